The first-order chi connectivity index (χ1) is 8.88. The second kappa shape index (κ2) is 6.10. The Kier molecular flexibility index (Phi) is 4.76. The van der Waals surface area contributed by atoms with Crippen molar-refractivity contribution in [1.82, 2.24) is 5.32 Å². The summed E-state index contributed by atoms with van der Waals surface area (Å²) in [5.74, 6) is 0.207. The number of nitrogens with zero attached hydrogens (tertiary/aromatic N) is 1. The fourth-order valence-electron chi connectivity index (χ4n) is 1.39. The van der Waals surface area contributed by atoms with Gasteiger partial charge in [0.2, 0.25) is 0 Å². The standard InChI is InChI=1S/C14H19N3O2/c1-4-14(2,3)17-13(18)9-19-12-6-5-10(8-15)7-11(12)16/h5-7H,4,9,16H2,1-3H3,(H,17,18). The van der Waals surface area contributed by atoms with E-state index in [1.54, 1.807) is 12.1 Å². The van der Waals surface area contributed by atoms with Crippen LogP contribution in [0.2, 0.25) is 0 Å². The molecule has 1 aromatic rings. The van der Waals surface area contributed by atoms with Gasteiger partial charge in [0, 0.05) is 5.54 Å². The third-order valence-corrected chi connectivity index (χ3v) is 2.86. The van der Waals surface area contributed by atoms with Crippen LogP contribution in [0.1, 0.15) is 32.8 Å². The van der Waals surface area contributed by atoms with Crippen molar-refractivity contribution in [1.29, 1.82) is 5.26 Å². The zero-order valence-electron chi connectivity index (χ0n) is 11.5. The lowest BCUT2D eigenvalue weighted by molar-refractivity contribution is -0.124. The van der Waals surface area contributed by atoms with Gasteiger partial charge < -0.3 is 15.8 Å². The highest BCUT2D eigenvalue weighted by Gasteiger charge is 2.18. The summed E-state index contributed by atoms with van der Waals surface area (Å²) in [4.78, 5) is 11.7. The molecule has 0 unspecified atom stereocenters. The molecule has 1 aromatic carbocycles. The third kappa shape index (κ3) is 4.51. The van der Waals surface area contributed by atoms with E-state index in [2.05, 4.69) is 5.32 Å². The lowest BCUT2D eigenvalue weighted by atomic mass is 10.0. The zero-order valence-corrected chi connectivity index (χ0v) is 11.5. The van der Waals surface area contributed by atoms with Crippen LogP contribution in [-0.2, 0) is 4.79 Å². The first-order valence-electron chi connectivity index (χ1n) is 6.11. The van der Waals surface area contributed by atoms with Gasteiger partial charge in [-0.15, -0.1) is 0 Å². The van der Waals surface area contributed by atoms with Crippen molar-refractivity contribution in [2.75, 3.05) is 12.3 Å². The van der Waals surface area contributed by atoms with Gasteiger partial charge in [-0.1, -0.05) is 6.92 Å². The minimum Gasteiger partial charge on any atom is -0.482 e. The topological polar surface area (TPSA) is 88.1 Å². The molecular formula is C14H19N3O2. The molecule has 0 bridgehead atoms. The maximum absolute atomic E-state index is 11.7. The van der Waals surface area contributed by atoms with Gasteiger partial charge in [0.05, 0.1) is 17.3 Å². The number of nitrogen functional groups attached to an aromatic ring is 1. The number of carbonyl (C=O) groups excluding carboxylic acids is 1. The van der Waals surface area contributed by atoms with Crippen LogP contribution in [-0.4, -0.2) is 18.1 Å². The van der Waals surface area contributed by atoms with Crippen LogP contribution >= 0.6 is 0 Å². The number of nitriles is 1. The van der Waals surface area contributed by atoms with Crippen molar-refractivity contribution >= 4 is 11.6 Å². The minimum atomic E-state index is -0.253. The van der Waals surface area contributed by atoms with Crippen molar-refractivity contribution in [2.45, 2.75) is 32.7 Å². The summed E-state index contributed by atoms with van der Waals surface area (Å²) in [5.41, 5.74) is 6.28. The number of hydrogen-bond acceptors (Lipinski definition) is 4. The molecule has 0 spiro atoms. The van der Waals surface area contributed by atoms with Gasteiger partial charge in [-0.3, -0.25) is 4.79 Å². The van der Waals surface area contributed by atoms with Gasteiger partial charge in [0.1, 0.15) is 5.75 Å². The van der Waals surface area contributed by atoms with Crippen LogP contribution in [0.3, 0.4) is 0 Å². The molecule has 0 saturated carbocycles. The number of nitrogens with one attached hydrogen (secondary N) is 1. The van der Waals surface area contributed by atoms with E-state index in [0.29, 0.717) is 17.0 Å². The summed E-state index contributed by atoms with van der Waals surface area (Å²) in [6.45, 7) is 5.79. The normalized spacial score (nSPS) is 10.6. The maximum Gasteiger partial charge on any atom is 0.258 e. The monoisotopic (exact) mass is 261 g/mol. The van der Waals surface area contributed by atoms with Crippen LogP contribution < -0.4 is 15.8 Å². The number of benzene rings is 1. The molecule has 0 heterocycles. The average molecular weight is 261 g/mol. The predicted molar refractivity (Wildman–Crippen MR) is 73.6 cm³/mol. The molecule has 5 heteroatoms. The molecular weight excluding hydrogens is 242 g/mol. The number of carbonyl (C=O) groups is 1. The number of nitrogens with two attached hydrogens (primary N) is 1. The van der Waals surface area contributed by atoms with Gasteiger partial charge in [0.15, 0.2) is 6.61 Å². The summed E-state index contributed by atoms with van der Waals surface area (Å²) in [7, 11) is 0. The first-order valence-corrected chi connectivity index (χ1v) is 6.11. The number of amides is 1. The highest BCUT2D eigenvalue weighted by atomic mass is 16.5. The molecule has 0 aliphatic carbocycles. The average Bonchev–Trinajstić information content (AvgIpc) is 2.36. The smallest absolute Gasteiger partial charge is 0.258 e. The SMILES string of the molecule is CCC(C)(C)NC(=O)COc1ccc(C#N)cc1N. The Morgan fingerprint density at radius 1 is 1.53 bits per heavy atom. The van der Waals surface area contributed by atoms with Crippen molar-refractivity contribution < 1.29 is 9.53 Å². The van der Waals surface area contributed by atoms with E-state index >= 15 is 0 Å². The van der Waals surface area contributed by atoms with Crippen LogP contribution in [0.5, 0.6) is 5.75 Å². The lowest BCUT2D eigenvalue weighted by Crippen LogP contribution is -2.44. The molecule has 0 aliphatic heterocycles. The molecule has 19 heavy (non-hydrogen) atoms. The maximum atomic E-state index is 11.7. The van der Waals surface area contributed by atoms with Gasteiger partial charge in [0.25, 0.3) is 5.91 Å². The molecule has 1 amide bonds. The van der Waals surface area contributed by atoms with Gasteiger partial charge in [-0.05, 0) is 38.5 Å². The highest BCUT2D eigenvalue weighted by Crippen LogP contribution is 2.22. The van der Waals surface area contributed by atoms with Crippen molar-refractivity contribution in [3.05, 3.63) is 23.8 Å². The summed E-state index contributed by atoms with van der Waals surface area (Å²) in [6, 6.07) is 6.69. The fraction of sp³-hybridized carbons (Fsp3) is 0.429. The van der Waals surface area contributed by atoms with Crippen molar-refractivity contribution in [3.63, 3.8) is 0 Å². The molecule has 0 radical (unpaired) electrons. The lowest BCUT2D eigenvalue weighted by Gasteiger charge is -2.24. The van der Waals surface area contributed by atoms with E-state index < -0.39 is 0 Å². The number of rotatable bonds is 5. The Morgan fingerprint density at radius 3 is 2.74 bits per heavy atom. The summed E-state index contributed by atoms with van der Waals surface area (Å²) in [6.07, 6.45) is 0.831. The molecule has 1 rings (SSSR count). The van der Waals surface area contributed by atoms with E-state index in [1.165, 1.54) is 6.07 Å². The summed E-state index contributed by atoms with van der Waals surface area (Å²) >= 11 is 0. The van der Waals surface area contributed by atoms with Crippen LogP contribution in [0.4, 0.5) is 5.69 Å². The van der Waals surface area contributed by atoms with E-state index in [0.717, 1.165) is 6.42 Å². The minimum absolute atomic E-state index is 0.0977. The molecule has 0 atom stereocenters. The molecule has 0 aliphatic rings. The van der Waals surface area contributed by atoms with Crippen LogP contribution in [0.15, 0.2) is 18.2 Å². The highest BCUT2D eigenvalue weighted by molar-refractivity contribution is 5.78. The first kappa shape index (κ1) is 14.8. The quantitative estimate of drug-likeness (QED) is 0.791. The second-order valence-electron chi connectivity index (χ2n) is 4.94. The largest absolute Gasteiger partial charge is 0.482 e. The molecule has 5 nitrogen and oxygen atoms in total. The zero-order chi connectivity index (χ0) is 14.5. The number of anilines is 1. The van der Waals surface area contributed by atoms with Gasteiger partial charge in [-0.2, -0.15) is 5.26 Å². The molecule has 0 fully saturated rings. The second-order valence-corrected chi connectivity index (χ2v) is 4.94. The van der Waals surface area contributed by atoms with E-state index in [4.69, 9.17) is 15.7 Å². The van der Waals surface area contributed by atoms with E-state index in [-0.39, 0.29) is 18.1 Å². The molecule has 0 saturated heterocycles. The summed E-state index contributed by atoms with van der Waals surface area (Å²) in [5, 5.41) is 11.6. The Hall–Kier alpha value is -2.22. The molecule has 102 valence electrons. The van der Waals surface area contributed by atoms with E-state index in [1.807, 2.05) is 26.8 Å². The predicted octanol–water partition coefficient (Wildman–Crippen LogP) is 1.82. The number of hydrogen-bond donors (Lipinski definition) is 2. The van der Waals surface area contributed by atoms with Crippen molar-refractivity contribution in [2.24, 2.45) is 0 Å². The van der Waals surface area contributed by atoms with Crippen LogP contribution in [0, 0.1) is 11.3 Å². The Bertz CT molecular complexity index is 504. The van der Waals surface area contributed by atoms with Gasteiger partial charge >= 0.3 is 0 Å². The number of ether oxygens (including phenoxy) is 1. The molecule has 0 aromatic heterocycles. The van der Waals surface area contributed by atoms with E-state index in [9.17, 15) is 4.79 Å². The Morgan fingerprint density at radius 2 is 2.21 bits per heavy atom. The summed E-state index contributed by atoms with van der Waals surface area (Å²) < 4.78 is 5.34. The Labute approximate surface area is 113 Å². The van der Waals surface area contributed by atoms with Gasteiger partial charge in [-0.25, -0.2) is 0 Å². The fourth-order valence-corrected chi connectivity index (χ4v) is 1.39. The Balaban J connectivity index is 2.58. The van der Waals surface area contributed by atoms with Crippen molar-refractivity contribution in [3.8, 4) is 11.8 Å². The third-order valence-electron chi connectivity index (χ3n) is 2.86. The van der Waals surface area contributed by atoms with Crippen LogP contribution in [0.25, 0.3) is 0 Å². The molecule has 3 N–H and O–H groups in total.